The van der Waals surface area contributed by atoms with Gasteiger partial charge < -0.3 is 14.4 Å². The normalized spacial score (nSPS) is 18.0. The van der Waals surface area contributed by atoms with Crippen LogP contribution in [0.5, 0.6) is 11.5 Å². The van der Waals surface area contributed by atoms with Crippen molar-refractivity contribution in [1.82, 2.24) is 0 Å². The fourth-order valence-corrected chi connectivity index (χ4v) is 9.42. The molecular weight excluding hydrogens is 752 g/mol. The highest BCUT2D eigenvalue weighted by molar-refractivity contribution is 6.35. The Morgan fingerprint density at radius 1 is 0.707 bits per heavy atom. The molecule has 3 aliphatic rings. The first-order valence-corrected chi connectivity index (χ1v) is 20.5. The van der Waals surface area contributed by atoms with Crippen molar-refractivity contribution in [1.29, 1.82) is 0 Å². The highest BCUT2D eigenvalue weighted by Gasteiger charge is 2.51. The summed E-state index contributed by atoms with van der Waals surface area (Å²) in [6, 6.07) is 26.7. The Balaban J connectivity index is 1.32. The standard InChI is InChI=1S/C47H52ClN4O6/c1-29(2)57-35-15-9-31(10-16-35)23-25-49-41-21-13-33(51(53)54)27-39(41)46(5,6)44(49)37-19-20-38(43(37)48)45-47(7,8)40-28-34(52(55)56)14-22-42(40)50(45)26-24-32-11-17-36(18-12-32)58-30(3)4/h9-18,21-22,27-30H,19-20,23-26H2,1-8H3/q+1. The Hall–Kier alpha value is -5.48. The summed E-state index contributed by atoms with van der Waals surface area (Å²) >= 11 is 7.69. The van der Waals surface area contributed by atoms with Crippen molar-refractivity contribution < 1.29 is 23.9 Å². The van der Waals surface area contributed by atoms with E-state index in [1.165, 1.54) is 0 Å². The van der Waals surface area contributed by atoms with Gasteiger partial charge in [0.25, 0.3) is 11.4 Å². The number of nitro benzene ring substituents is 2. The van der Waals surface area contributed by atoms with Gasteiger partial charge in [-0.15, -0.1) is 0 Å². The van der Waals surface area contributed by atoms with Crippen LogP contribution in [0.3, 0.4) is 0 Å². The van der Waals surface area contributed by atoms with Gasteiger partial charge in [0, 0.05) is 71.2 Å². The van der Waals surface area contributed by atoms with E-state index in [1.807, 2.05) is 64.1 Å². The van der Waals surface area contributed by atoms with Crippen LogP contribution < -0.4 is 14.4 Å². The van der Waals surface area contributed by atoms with Crippen LogP contribution in [0, 0.1) is 20.2 Å². The van der Waals surface area contributed by atoms with Crippen LogP contribution in [0.1, 0.15) is 90.5 Å². The van der Waals surface area contributed by atoms with Crippen LogP contribution >= 0.6 is 11.6 Å². The van der Waals surface area contributed by atoms with Crippen LogP contribution in [0.25, 0.3) is 0 Å². The van der Waals surface area contributed by atoms with E-state index >= 15 is 0 Å². The first-order valence-electron chi connectivity index (χ1n) is 20.1. The molecule has 0 unspecified atom stereocenters. The van der Waals surface area contributed by atoms with Gasteiger partial charge in [-0.05, 0) is 113 Å². The SMILES string of the molecule is CC(C)Oc1ccc(CCN2C(=C3CCC(C4=[N+](CCc5ccc(OC(C)C)cc5)c5ccc([N+](=O)[O-])cc5C4(C)C)=C3Cl)C(C)(C)c3cc([N+](=O)[O-])ccc32)cc1. The zero-order valence-corrected chi connectivity index (χ0v) is 35.4. The molecule has 11 heteroatoms. The van der Waals surface area contributed by atoms with Gasteiger partial charge in [-0.3, -0.25) is 20.2 Å². The molecule has 4 aromatic carbocycles. The summed E-state index contributed by atoms with van der Waals surface area (Å²) in [5.41, 5.74) is 9.02. The van der Waals surface area contributed by atoms with Crippen molar-refractivity contribution in [3.63, 3.8) is 0 Å². The molecule has 1 aliphatic carbocycles. The zero-order chi connectivity index (χ0) is 41.7. The Bertz CT molecular complexity index is 2370. The van der Waals surface area contributed by atoms with E-state index in [1.54, 1.807) is 24.3 Å². The predicted molar refractivity (Wildman–Crippen MR) is 230 cm³/mol. The molecule has 0 amide bonds. The highest BCUT2D eigenvalue weighted by atomic mass is 35.5. The molecule has 0 N–H and O–H groups in total. The van der Waals surface area contributed by atoms with Crippen molar-refractivity contribution >= 4 is 40.1 Å². The Labute approximate surface area is 345 Å². The molecule has 0 saturated carbocycles. The Morgan fingerprint density at radius 3 is 1.78 bits per heavy atom. The molecule has 0 radical (unpaired) electrons. The van der Waals surface area contributed by atoms with E-state index in [4.69, 9.17) is 21.1 Å². The van der Waals surface area contributed by atoms with Gasteiger partial charge in [-0.1, -0.05) is 49.7 Å². The van der Waals surface area contributed by atoms with Crippen LogP contribution in [-0.2, 0) is 23.7 Å². The lowest BCUT2D eigenvalue weighted by atomic mass is 9.78. The monoisotopic (exact) mass is 803 g/mol. The Morgan fingerprint density at radius 2 is 1.22 bits per heavy atom. The number of nitro groups is 2. The summed E-state index contributed by atoms with van der Waals surface area (Å²) in [5, 5.41) is 24.7. The second-order valence-electron chi connectivity index (χ2n) is 17.1. The average Bonchev–Trinajstić information content (AvgIpc) is 3.72. The first kappa shape index (κ1) is 40.7. The van der Waals surface area contributed by atoms with E-state index in [0.29, 0.717) is 31.0 Å². The summed E-state index contributed by atoms with van der Waals surface area (Å²) in [5.74, 6) is 1.65. The second-order valence-corrected chi connectivity index (χ2v) is 17.4. The van der Waals surface area contributed by atoms with E-state index in [2.05, 4.69) is 61.4 Å². The molecule has 0 aromatic heterocycles. The van der Waals surface area contributed by atoms with Gasteiger partial charge >= 0.3 is 0 Å². The molecule has 4 aromatic rings. The fourth-order valence-electron chi connectivity index (χ4n) is 9.05. The van der Waals surface area contributed by atoms with Gasteiger partial charge in [0.2, 0.25) is 5.69 Å². The number of halogens is 1. The van der Waals surface area contributed by atoms with E-state index in [-0.39, 0.29) is 33.4 Å². The number of hydrogen-bond acceptors (Lipinski definition) is 7. The highest BCUT2D eigenvalue weighted by Crippen LogP contribution is 2.55. The van der Waals surface area contributed by atoms with E-state index in [0.717, 1.165) is 80.5 Å². The van der Waals surface area contributed by atoms with Crippen molar-refractivity contribution in [2.24, 2.45) is 0 Å². The molecule has 7 rings (SSSR count). The minimum absolute atomic E-state index is 0.0559. The quantitative estimate of drug-likeness (QED) is 0.0751. The van der Waals surface area contributed by atoms with E-state index in [9.17, 15) is 20.2 Å². The van der Waals surface area contributed by atoms with Crippen molar-refractivity contribution in [3.05, 3.63) is 149 Å². The molecule has 0 atom stereocenters. The molecule has 58 heavy (non-hydrogen) atoms. The van der Waals surface area contributed by atoms with Crippen LogP contribution in [-0.4, -0.2) is 45.4 Å². The lowest BCUT2D eigenvalue weighted by molar-refractivity contribution is -0.437. The molecular formula is C47H52ClN4O6+. The molecule has 10 nitrogen and oxygen atoms in total. The molecule has 0 spiro atoms. The maximum Gasteiger partial charge on any atom is 0.270 e. The van der Waals surface area contributed by atoms with Crippen molar-refractivity contribution in [2.45, 2.75) is 104 Å². The predicted octanol–water partition coefficient (Wildman–Crippen LogP) is 11.3. The third kappa shape index (κ3) is 7.62. The maximum absolute atomic E-state index is 12.0. The van der Waals surface area contributed by atoms with Gasteiger partial charge in [0.1, 0.15) is 11.5 Å². The summed E-state index contributed by atoms with van der Waals surface area (Å²) in [4.78, 5) is 25.7. The molecule has 0 fully saturated rings. The number of benzene rings is 4. The van der Waals surface area contributed by atoms with Gasteiger partial charge in [-0.2, -0.15) is 4.58 Å². The third-order valence-electron chi connectivity index (χ3n) is 11.6. The number of hydrogen-bond donors (Lipinski definition) is 0. The van der Waals surface area contributed by atoms with Gasteiger partial charge in [-0.25, -0.2) is 0 Å². The molecule has 0 bridgehead atoms. The molecule has 0 saturated heterocycles. The first-order chi connectivity index (χ1) is 27.5. The molecule has 2 aliphatic heterocycles. The largest absolute Gasteiger partial charge is 0.491 e. The van der Waals surface area contributed by atoms with Crippen LogP contribution in [0.15, 0.2) is 107 Å². The van der Waals surface area contributed by atoms with E-state index < -0.39 is 10.8 Å². The second kappa shape index (κ2) is 15.7. The summed E-state index contributed by atoms with van der Waals surface area (Å²) in [7, 11) is 0. The number of allylic oxidation sites excluding steroid dienone is 4. The maximum atomic E-state index is 12.0. The van der Waals surface area contributed by atoms with Crippen molar-refractivity contribution in [2.75, 3.05) is 18.0 Å². The number of nitrogens with zero attached hydrogens (tertiary/aromatic N) is 4. The summed E-state index contributed by atoms with van der Waals surface area (Å²) < 4.78 is 14.1. The lowest BCUT2D eigenvalue weighted by Gasteiger charge is -2.30. The topological polar surface area (TPSA) is 111 Å². The van der Waals surface area contributed by atoms with Gasteiger partial charge in [0.15, 0.2) is 12.3 Å². The smallest absolute Gasteiger partial charge is 0.270 e. The van der Waals surface area contributed by atoms with Crippen LogP contribution in [0.4, 0.5) is 22.7 Å². The number of rotatable bonds is 13. The van der Waals surface area contributed by atoms with Gasteiger partial charge in [0.05, 0.1) is 32.5 Å². The minimum Gasteiger partial charge on any atom is -0.491 e. The number of non-ortho nitro benzene ring substituents is 2. The zero-order valence-electron chi connectivity index (χ0n) is 34.6. The minimum atomic E-state index is -0.591. The molecule has 2 heterocycles. The van der Waals surface area contributed by atoms with Crippen LogP contribution in [0.2, 0.25) is 0 Å². The number of ether oxygens (including phenoxy) is 2. The molecule has 302 valence electrons. The average molecular weight is 804 g/mol. The lowest BCUT2D eigenvalue weighted by Crippen LogP contribution is -2.32. The third-order valence-corrected chi connectivity index (χ3v) is 12.1. The summed E-state index contributed by atoms with van der Waals surface area (Å²) in [6.07, 6.45) is 2.99. The number of fused-ring (bicyclic) bond motifs is 2. The fraction of sp³-hybridized carbons (Fsp3) is 0.383. The Kier molecular flexibility index (Phi) is 11.0. The summed E-state index contributed by atoms with van der Waals surface area (Å²) in [6.45, 7) is 17.8. The number of anilines is 1. The van der Waals surface area contributed by atoms with Crippen molar-refractivity contribution in [3.8, 4) is 11.5 Å².